The molecular formula is C34H40N8O5S. The predicted molar refractivity (Wildman–Crippen MR) is 179 cm³/mol. The highest BCUT2D eigenvalue weighted by Crippen LogP contribution is 2.26. The number of carbonyl (C=O) groups excluding carboxylic acids is 4. The molecule has 3 aromatic heterocycles. The van der Waals surface area contributed by atoms with E-state index in [9.17, 15) is 19.2 Å². The molecule has 4 amide bonds. The zero-order chi connectivity index (χ0) is 34.0. The van der Waals surface area contributed by atoms with E-state index in [1.807, 2.05) is 68.3 Å². The van der Waals surface area contributed by atoms with E-state index in [1.54, 1.807) is 17.8 Å². The number of hydrogen-bond donors (Lipinski definition) is 3. The molecule has 14 heteroatoms. The minimum absolute atomic E-state index is 0.0435. The third-order valence-electron chi connectivity index (χ3n) is 7.70. The molecule has 3 N–H and O–H groups in total. The van der Waals surface area contributed by atoms with Crippen molar-refractivity contribution < 1.29 is 23.6 Å². The normalized spacial score (nSPS) is 17.8. The van der Waals surface area contributed by atoms with Crippen molar-refractivity contribution in [2.24, 2.45) is 5.92 Å². The molecule has 4 bridgehead atoms. The second-order valence-electron chi connectivity index (χ2n) is 12.2. The molecule has 13 nitrogen and oxygen atoms in total. The fraction of sp³-hybridized carbons (Fsp3) is 0.382. The first-order chi connectivity index (χ1) is 23.1. The summed E-state index contributed by atoms with van der Waals surface area (Å²) in [6, 6.07) is 12.1. The summed E-state index contributed by atoms with van der Waals surface area (Å²) in [7, 11) is 1.82. The summed E-state index contributed by atoms with van der Waals surface area (Å²) in [5.41, 5.74) is 2.17. The summed E-state index contributed by atoms with van der Waals surface area (Å²) in [4.78, 5) is 69.9. The largest absolute Gasteiger partial charge is 0.446 e. The summed E-state index contributed by atoms with van der Waals surface area (Å²) < 4.78 is 5.78. The zero-order valence-electron chi connectivity index (χ0n) is 27.2. The van der Waals surface area contributed by atoms with Crippen molar-refractivity contribution in [3.63, 3.8) is 0 Å². The predicted octanol–water partition coefficient (Wildman–Crippen LogP) is 3.15. The highest BCUT2D eigenvalue weighted by molar-refractivity contribution is 7.09. The number of carbonyl (C=O) groups is 4. The molecule has 0 radical (unpaired) electrons. The van der Waals surface area contributed by atoms with Crippen LogP contribution in [0.3, 0.4) is 0 Å². The molecule has 1 aliphatic heterocycles. The number of aromatic nitrogens is 3. The van der Waals surface area contributed by atoms with Crippen LogP contribution in [0, 0.1) is 5.92 Å². The number of likely N-dealkylation sites (N-methyl/N-ethyl adjacent to an activating group) is 1. The van der Waals surface area contributed by atoms with Crippen molar-refractivity contribution >= 4 is 35.0 Å². The minimum Gasteiger partial charge on any atom is -0.446 e. The number of benzene rings is 1. The van der Waals surface area contributed by atoms with Gasteiger partial charge in [-0.3, -0.25) is 29.1 Å². The van der Waals surface area contributed by atoms with Gasteiger partial charge in [0.1, 0.15) is 23.0 Å². The van der Waals surface area contributed by atoms with Gasteiger partial charge in [-0.25, -0.2) is 9.97 Å². The van der Waals surface area contributed by atoms with Crippen LogP contribution in [-0.2, 0) is 22.6 Å². The van der Waals surface area contributed by atoms with Gasteiger partial charge in [-0.05, 0) is 42.6 Å². The van der Waals surface area contributed by atoms with Crippen LogP contribution < -0.4 is 16.0 Å². The number of rotatable bonds is 8. The van der Waals surface area contributed by atoms with Crippen molar-refractivity contribution in [2.75, 3.05) is 33.2 Å². The molecule has 0 saturated heterocycles. The number of fused-ring (bicyclic) bond motifs is 4. The maximum absolute atomic E-state index is 13.6. The van der Waals surface area contributed by atoms with E-state index in [4.69, 9.17) is 4.42 Å². The van der Waals surface area contributed by atoms with Crippen LogP contribution >= 0.6 is 11.3 Å². The second-order valence-corrected chi connectivity index (χ2v) is 13.1. The quantitative estimate of drug-likeness (QED) is 0.255. The molecule has 4 heterocycles. The molecule has 0 fully saturated rings. The smallest absolute Gasteiger partial charge is 0.273 e. The molecule has 5 rings (SSSR count). The van der Waals surface area contributed by atoms with Gasteiger partial charge in [0.05, 0.1) is 19.1 Å². The molecule has 4 aromatic rings. The Morgan fingerprint density at radius 2 is 1.77 bits per heavy atom. The van der Waals surface area contributed by atoms with Crippen molar-refractivity contribution in [3.05, 3.63) is 99.9 Å². The Hall–Kier alpha value is -4.95. The van der Waals surface area contributed by atoms with Crippen LogP contribution in [-0.4, -0.2) is 81.6 Å². The number of oxazole rings is 1. The van der Waals surface area contributed by atoms with Gasteiger partial charge in [0.25, 0.3) is 11.8 Å². The lowest BCUT2D eigenvalue weighted by molar-refractivity contribution is -0.137. The molecule has 2 atom stereocenters. The molecule has 48 heavy (non-hydrogen) atoms. The Labute approximate surface area is 283 Å². The lowest BCUT2D eigenvalue weighted by atomic mass is 10.0. The van der Waals surface area contributed by atoms with E-state index < -0.39 is 29.8 Å². The van der Waals surface area contributed by atoms with Gasteiger partial charge in [0.2, 0.25) is 17.7 Å². The van der Waals surface area contributed by atoms with Crippen LogP contribution in [0.15, 0.2) is 70.9 Å². The van der Waals surface area contributed by atoms with Gasteiger partial charge in [-0.15, -0.1) is 11.3 Å². The number of thiazole rings is 1. The van der Waals surface area contributed by atoms with Gasteiger partial charge in [-0.1, -0.05) is 44.2 Å². The standard InChI is InChI=1S/C34H40N8O5S/c1-22(2)15-26-34-40-28(21-48-34)31(45)36-13-14-42(30(44)19-41(3)17-24-9-11-35-12-10-24)18-29(43)37-25(16-23-7-5-4-6-8-23)33-39-27(20-47-33)32(46)38-26/h4-12,20-22,25-26H,13-19H2,1-3H3,(H,36,45)(H,37,43)(H,38,46)/t25-,26-/m0/s1. The van der Waals surface area contributed by atoms with Gasteiger partial charge in [0, 0.05) is 43.8 Å². The van der Waals surface area contributed by atoms with Crippen LogP contribution in [0.2, 0.25) is 0 Å². The number of pyridine rings is 1. The maximum Gasteiger partial charge on any atom is 0.273 e. The van der Waals surface area contributed by atoms with Gasteiger partial charge in [-0.2, -0.15) is 0 Å². The van der Waals surface area contributed by atoms with Crippen molar-refractivity contribution in [1.29, 1.82) is 0 Å². The summed E-state index contributed by atoms with van der Waals surface area (Å²) in [6.45, 7) is 4.55. The molecule has 1 aromatic carbocycles. The monoisotopic (exact) mass is 672 g/mol. The summed E-state index contributed by atoms with van der Waals surface area (Å²) >= 11 is 1.28. The van der Waals surface area contributed by atoms with E-state index in [0.717, 1.165) is 11.1 Å². The van der Waals surface area contributed by atoms with Crippen LogP contribution in [0.25, 0.3) is 0 Å². The SMILES string of the molecule is CC(C)C[C@@H]1NC(=O)c2coc(n2)[C@H](Cc2ccccc2)NC(=O)CN(C(=O)CN(C)Cc2ccncc2)CCNC(=O)c2csc1n2. The number of hydrogen-bond acceptors (Lipinski definition) is 10. The molecule has 0 unspecified atom stereocenters. The molecule has 252 valence electrons. The van der Waals surface area contributed by atoms with Gasteiger partial charge >= 0.3 is 0 Å². The first-order valence-corrected chi connectivity index (χ1v) is 16.7. The maximum atomic E-state index is 13.6. The van der Waals surface area contributed by atoms with E-state index in [2.05, 4.69) is 30.9 Å². The minimum atomic E-state index is -0.723. The van der Waals surface area contributed by atoms with Gasteiger partial charge < -0.3 is 25.3 Å². The van der Waals surface area contributed by atoms with Crippen molar-refractivity contribution in [2.45, 2.75) is 45.3 Å². The van der Waals surface area contributed by atoms with Crippen molar-refractivity contribution in [1.82, 2.24) is 40.7 Å². The fourth-order valence-corrected chi connectivity index (χ4v) is 6.23. The zero-order valence-corrected chi connectivity index (χ0v) is 28.0. The Morgan fingerprint density at radius 1 is 1.00 bits per heavy atom. The molecule has 0 aliphatic carbocycles. The molecule has 1 aliphatic rings. The van der Waals surface area contributed by atoms with E-state index in [-0.39, 0.29) is 55.3 Å². The molecule has 0 spiro atoms. The Morgan fingerprint density at radius 3 is 2.52 bits per heavy atom. The van der Waals surface area contributed by atoms with E-state index >= 15 is 0 Å². The summed E-state index contributed by atoms with van der Waals surface area (Å²) in [5, 5.41) is 11.0. The van der Waals surface area contributed by atoms with Crippen LogP contribution in [0.4, 0.5) is 0 Å². The molecular weight excluding hydrogens is 632 g/mol. The summed E-state index contributed by atoms with van der Waals surface area (Å²) in [6.07, 6.45) is 5.58. The first-order valence-electron chi connectivity index (χ1n) is 15.8. The van der Waals surface area contributed by atoms with Gasteiger partial charge in [0.15, 0.2) is 5.69 Å². The van der Waals surface area contributed by atoms with Crippen LogP contribution in [0.1, 0.15) is 75.4 Å². The average Bonchev–Trinajstić information content (AvgIpc) is 3.75. The highest BCUT2D eigenvalue weighted by atomic mass is 32.1. The van der Waals surface area contributed by atoms with E-state index in [1.165, 1.54) is 22.5 Å². The van der Waals surface area contributed by atoms with Crippen LogP contribution in [0.5, 0.6) is 0 Å². The topological polar surface area (TPSA) is 163 Å². The number of nitrogens with one attached hydrogen (secondary N) is 3. The third-order valence-corrected chi connectivity index (χ3v) is 8.66. The Kier molecular flexibility index (Phi) is 11.6. The lowest BCUT2D eigenvalue weighted by Crippen LogP contribution is -2.48. The summed E-state index contributed by atoms with van der Waals surface area (Å²) in [5.74, 6) is -1.22. The Balaban J connectivity index is 1.42. The highest BCUT2D eigenvalue weighted by Gasteiger charge is 2.28. The number of amides is 4. The average molecular weight is 673 g/mol. The lowest BCUT2D eigenvalue weighted by Gasteiger charge is -2.26. The third kappa shape index (κ3) is 9.55. The fourth-order valence-electron chi connectivity index (χ4n) is 5.37. The molecule has 0 saturated carbocycles. The van der Waals surface area contributed by atoms with E-state index in [0.29, 0.717) is 24.4 Å². The Bertz CT molecular complexity index is 1690. The number of nitrogens with zero attached hydrogens (tertiary/aromatic N) is 5. The van der Waals surface area contributed by atoms with Crippen molar-refractivity contribution in [3.8, 4) is 0 Å². The first kappa shape index (κ1) is 34.4. The second kappa shape index (κ2) is 16.2.